The minimum atomic E-state index is -0.558. The van der Waals surface area contributed by atoms with E-state index >= 15 is 0 Å². The van der Waals surface area contributed by atoms with Crippen molar-refractivity contribution in [2.45, 2.75) is 40.0 Å². The quantitative estimate of drug-likeness (QED) is 0.495. The van der Waals surface area contributed by atoms with Crippen molar-refractivity contribution in [1.29, 1.82) is 0 Å². The monoisotopic (exact) mass is 454 g/mol. The second-order valence-electron chi connectivity index (χ2n) is 8.00. The molecule has 0 bridgehead atoms. The maximum Gasteiger partial charge on any atom is 0.338 e. The molecule has 0 aromatic heterocycles. The highest BCUT2D eigenvalue weighted by atomic mass is 16.5. The summed E-state index contributed by atoms with van der Waals surface area (Å²) in [6.45, 7) is 5.69. The van der Waals surface area contributed by atoms with Crippen LogP contribution in [-0.2, 0) is 23.9 Å². The Morgan fingerprint density at radius 3 is 2.21 bits per heavy atom. The third-order valence-electron chi connectivity index (χ3n) is 4.52. The molecular formula is C25H30N2O6. The van der Waals surface area contributed by atoms with Crippen molar-refractivity contribution >= 4 is 35.1 Å². The van der Waals surface area contributed by atoms with Gasteiger partial charge in [0.2, 0.25) is 5.91 Å². The van der Waals surface area contributed by atoms with Gasteiger partial charge in [0, 0.05) is 24.2 Å². The van der Waals surface area contributed by atoms with Gasteiger partial charge in [-0.2, -0.15) is 0 Å². The third kappa shape index (κ3) is 9.55. The number of para-hydroxylation sites is 1. The molecule has 0 saturated heterocycles. The molecular weight excluding hydrogens is 424 g/mol. The van der Waals surface area contributed by atoms with Crippen LogP contribution >= 0.6 is 0 Å². The first-order valence-electron chi connectivity index (χ1n) is 10.8. The van der Waals surface area contributed by atoms with Crippen LogP contribution in [0.25, 0.3) is 0 Å². The zero-order chi connectivity index (χ0) is 24.2. The van der Waals surface area contributed by atoms with Gasteiger partial charge in [0.1, 0.15) is 0 Å². The molecule has 0 fully saturated rings. The van der Waals surface area contributed by atoms with Gasteiger partial charge in [-0.3, -0.25) is 14.4 Å². The number of rotatable bonds is 11. The van der Waals surface area contributed by atoms with Crippen LogP contribution in [0.5, 0.6) is 0 Å². The summed E-state index contributed by atoms with van der Waals surface area (Å²) in [6.07, 6.45) is 0.510. The highest BCUT2D eigenvalue weighted by Crippen LogP contribution is 2.14. The van der Waals surface area contributed by atoms with E-state index in [-0.39, 0.29) is 24.7 Å². The maximum absolute atomic E-state index is 12.0. The minimum Gasteiger partial charge on any atom is -0.462 e. The molecule has 0 atom stereocenters. The number of ether oxygens (including phenoxy) is 2. The van der Waals surface area contributed by atoms with E-state index in [1.807, 2.05) is 45.0 Å². The molecule has 0 aliphatic carbocycles. The Bertz CT molecular complexity index is 969. The van der Waals surface area contributed by atoms with E-state index in [2.05, 4.69) is 10.6 Å². The van der Waals surface area contributed by atoms with E-state index in [0.29, 0.717) is 24.3 Å². The lowest BCUT2D eigenvalue weighted by molar-refractivity contribution is -0.147. The van der Waals surface area contributed by atoms with Crippen molar-refractivity contribution < 1.29 is 28.7 Å². The number of hydrogen-bond acceptors (Lipinski definition) is 6. The molecule has 0 aliphatic rings. The van der Waals surface area contributed by atoms with Crippen LogP contribution in [0.2, 0.25) is 0 Å². The summed E-state index contributed by atoms with van der Waals surface area (Å²) in [4.78, 5) is 47.7. The summed E-state index contributed by atoms with van der Waals surface area (Å²) in [6, 6.07) is 13.7. The Labute approximate surface area is 193 Å². The number of hydrogen-bond donors (Lipinski definition) is 2. The van der Waals surface area contributed by atoms with Crippen molar-refractivity contribution in [2.24, 2.45) is 5.92 Å². The standard InChI is InChI=1S/C25H30N2O6/c1-17(2)15-33-25(31)19-11-13-20(14-12-19)26-23(29)16-32-24(30)10-6-9-22(28)27-21-8-5-4-7-18(21)3/h4-5,7-8,11-14,17H,6,9-10,15-16H2,1-3H3,(H,26,29)(H,27,28). The molecule has 2 aromatic carbocycles. The molecule has 0 spiro atoms. The second-order valence-corrected chi connectivity index (χ2v) is 8.00. The molecule has 2 amide bonds. The van der Waals surface area contributed by atoms with Crippen molar-refractivity contribution in [2.75, 3.05) is 23.8 Å². The first-order valence-corrected chi connectivity index (χ1v) is 10.8. The van der Waals surface area contributed by atoms with Gasteiger partial charge in [-0.1, -0.05) is 32.0 Å². The zero-order valence-corrected chi connectivity index (χ0v) is 19.2. The Morgan fingerprint density at radius 2 is 1.55 bits per heavy atom. The molecule has 2 aromatic rings. The largest absolute Gasteiger partial charge is 0.462 e. The number of carbonyl (C=O) groups excluding carboxylic acids is 4. The summed E-state index contributed by atoms with van der Waals surface area (Å²) in [7, 11) is 0. The van der Waals surface area contributed by atoms with Gasteiger partial charge in [0.15, 0.2) is 6.61 Å². The smallest absolute Gasteiger partial charge is 0.338 e. The molecule has 0 aliphatic heterocycles. The van der Waals surface area contributed by atoms with Crippen LogP contribution < -0.4 is 10.6 Å². The van der Waals surface area contributed by atoms with Gasteiger partial charge < -0.3 is 20.1 Å². The van der Waals surface area contributed by atoms with Crippen molar-refractivity contribution in [3.05, 3.63) is 59.7 Å². The van der Waals surface area contributed by atoms with E-state index in [4.69, 9.17) is 9.47 Å². The molecule has 8 nitrogen and oxygen atoms in total. The summed E-state index contributed by atoms with van der Waals surface area (Å²) >= 11 is 0. The summed E-state index contributed by atoms with van der Waals surface area (Å²) in [5.74, 6) is -1.44. The summed E-state index contributed by atoms with van der Waals surface area (Å²) in [5, 5.41) is 5.39. The van der Waals surface area contributed by atoms with Crippen molar-refractivity contribution in [3.8, 4) is 0 Å². The number of esters is 2. The number of carbonyl (C=O) groups is 4. The van der Waals surface area contributed by atoms with Gasteiger partial charge in [-0.15, -0.1) is 0 Å². The molecule has 0 radical (unpaired) electrons. The Kier molecular flexibility index (Phi) is 10.1. The SMILES string of the molecule is Cc1ccccc1NC(=O)CCCC(=O)OCC(=O)Nc1ccc(C(=O)OCC(C)C)cc1. The molecule has 2 rings (SSSR count). The van der Waals surface area contributed by atoms with Crippen LogP contribution in [0.3, 0.4) is 0 Å². The van der Waals surface area contributed by atoms with E-state index < -0.39 is 24.5 Å². The molecule has 0 unspecified atom stereocenters. The molecule has 176 valence electrons. The summed E-state index contributed by atoms with van der Waals surface area (Å²) < 4.78 is 10.1. The van der Waals surface area contributed by atoms with E-state index in [0.717, 1.165) is 11.3 Å². The van der Waals surface area contributed by atoms with Gasteiger partial charge >= 0.3 is 11.9 Å². The normalized spacial score (nSPS) is 10.4. The molecule has 0 saturated carbocycles. The first kappa shape index (κ1) is 25.6. The lowest BCUT2D eigenvalue weighted by atomic mass is 10.2. The fourth-order valence-electron chi connectivity index (χ4n) is 2.75. The molecule has 2 N–H and O–H groups in total. The Hall–Kier alpha value is -3.68. The lowest BCUT2D eigenvalue weighted by Gasteiger charge is -2.09. The van der Waals surface area contributed by atoms with Gasteiger partial charge in [-0.05, 0) is 55.2 Å². The number of amides is 2. The van der Waals surface area contributed by atoms with E-state index in [1.165, 1.54) is 0 Å². The number of aryl methyl sites for hydroxylation is 1. The third-order valence-corrected chi connectivity index (χ3v) is 4.52. The number of nitrogens with one attached hydrogen (secondary N) is 2. The van der Waals surface area contributed by atoms with Crippen LogP contribution in [0.4, 0.5) is 11.4 Å². The zero-order valence-electron chi connectivity index (χ0n) is 19.2. The van der Waals surface area contributed by atoms with Crippen LogP contribution in [-0.4, -0.2) is 37.0 Å². The van der Waals surface area contributed by atoms with Crippen molar-refractivity contribution in [1.82, 2.24) is 0 Å². The molecule has 8 heteroatoms. The Balaban J connectivity index is 1.65. The van der Waals surface area contributed by atoms with Crippen molar-refractivity contribution in [3.63, 3.8) is 0 Å². The maximum atomic E-state index is 12.0. The van der Waals surface area contributed by atoms with Crippen LogP contribution in [0.15, 0.2) is 48.5 Å². The minimum absolute atomic E-state index is 0.0294. The predicted octanol–water partition coefficient (Wildman–Crippen LogP) is 4.10. The molecule has 33 heavy (non-hydrogen) atoms. The number of benzene rings is 2. The lowest BCUT2D eigenvalue weighted by Crippen LogP contribution is -2.21. The Morgan fingerprint density at radius 1 is 0.848 bits per heavy atom. The van der Waals surface area contributed by atoms with E-state index in [1.54, 1.807) is 24.3 Å². The first-order chi connectivity index (χ1) is 15.7. The fraction of sp³-hybridized carbons (Fsp3) is 0.360. The average molecular weight is 455 g/mol. The fourth-order valence-corrected chi connectivity index (χ4v) is 2.75. The summed E-state index contributed by atoms with van der Waals surface area (Å²) in [5.41, 5.74) is 2.54. The van der Waals surface area contributed by atoms with E-state index in [9.17, 15) is 19.2 Å². The number of anilines is 2. The second kappa shape index (κ2) is 13.0. The average Bonchev–Trinajstić information content (AvgIpc) is 2.78. The van der Waals surface area contributed by atoms with Crippen LogP contribution in [0, 0.1) is 12.8 Å². The van der Waals surface area contributed by atoms with Gasteiger partial charge in [0.25, 0.3) is 5.91 Å². The van der Waals surface area contributed by atoms with Gasteiger partial charge in [-0.25, -0.2) is 4.79 Å². The predicted molar refractivity (Wildman–Crippen MR) is 125 cm³/mol. The highest BCUT2D eigenvalue weighted by Gasteiger charge is 2.12. The van der Waals surface area contributed by atoms with Crippen LogP contribution in [0.1, 0.15) is 49.0 Å². The molecule has 0 heterocycles. The topological polar surface area (TPSA) is 111 Å². The van der Waals surface area contributed by atoms with Gasteiger partial charge in [0.05, 0.1) is 12.2 Å². The highest BCUT2D eigenvalue weighted by molar-refractivity contribution is 5.94.